The molecule has 1 spiro atoms. The number of hydrogen-bond acceptors (Lipinski definition) is 5. The van der Waals surface area contributed by atoms with E-state index in [0.29, 0.717) is 45.9 Å². The Morgan fingerprint density at radius 3 is 2.80 bits per heavy atom. The number of halogens is 1. The van der Waals surface area contributed by atoms with Gasteiger partial charge in [0.25, 0.3) is 5.91 Å². The molecule has 8 heteroatoms. The van der Waals surface area contributed by atoms with Crippen LogP contribution in [0.2, 0.25) is 5.02 Å². The average molecular weight is 425 g/mol. The number of urea groups is 1. The molecule has 3 amide bonds. The van der Waals surface area contributed by atoms with Gasteiger partial charge in [0.2, 0.25) is 0 Å². The Hall–Kier alpha value is -3.32. The van der Waals surface area contributed by atoms with Gasteiger partial charge in [-0.3, -0.25) is 9.69 Å². The maximum Gasteiger partial charge on any atom is 0.336 e. The van der Waals surface area contributed by atoms with Gasteiger partial charge in [0.05, 0.1) is 13.2 Å². The van der Waals surface area contributed by atoms with Gasteiger partial charge in [-0.15, -0.1) is 0 Å². The van der Waals surface area contributed by atoms with Crippen molar-refractivity contribution in [1.29, 1.82) is 0 Å². The molecule has 152 valence electrons. The Bertz CT molecular complexity index is 1280. The average Bonchev–Trinajstić information content (AvgIpc) is 2.94. The number of nitrogens with one attached hydrogen (secondary N) is 1. The van der Waals surface area contributed by atoms with Gasteiger partial charge in [0.1, 0.15) is 11.3 Å². The first-order chi connectivity index (χ1) is 14.4. The van der Waals surface area contributed by atoms with Crippen LogP contribution in [0.3, 0.4) is 0 Å². The Kier molecular flexibility index (Phi) is 4.11. The number of hydrogen-bond donors (Lipinski definition) is 1. The molecule has 2 aliphatic rings. The van der Waals surface area contributed by atoms with E-state index >= 15 is 0 Å². The second kappa shape index (κ2) is 6.60. The van der Waals surface area contributed by atoms with Gasteiger partial charge < -0.3 is 14.5 Å². The molecule has 3 aromatic rings. The van der Waals surface area contributed by atoms with Crippen molar-refractivity contribution in [3.63, 3.8) is 0 Å². The minimum absolute atomic E-state index is 0.0725. The molecule has 7 nitrogen and oxygen atoms in total. The highest BCUT2D eigenvalue weighted by Crippen LogP contribution is 2.41. The fourth-order valence-corrected chi connectivity index (χ4v) is 4.33. The van der Waals surface area contributed by atoms with E-state index in [1.165, 1.54) is 6.07 Å². The summed E-state index contributed by atoms with van der Waals surface area (Å²) in [5.74, 6) is 0.204. The summed E-state index contributed by atoms with van der Waals surface area (Å²) in [5.41, 5.74) is 0.513. The SMILES string of the molecule is Cc1cc2oc(=O)cc(CN3C(=O)N[C@]4(CCOc5ccccc54)C3=O)c2cc1Cl. The molecule has 1 aromatic heterocycles. The van der Waals surface area contributed by atoms with Crippen molar-refractivity contribution < 1.29 is 18.7 Å². The van der Waals surface area contributed by atoms with Gasteiger partial charge in [-0.2, -0.15) is 0 Å². The van der Waals surface area contributed by atoms with Crippen molar-refractivity contribution in [3.05, 3.63) is 74.6 Å². The lowest BCUT2D eigenvalue weighted by molar-refractivity contribution is -0.133. The molecule has 0 aliphatic carbocycles. The molecule has 0 unspecified atom stereocenters. The van der Waals surface area contributed by atoms with Crippen LogP contribution in [0.15, 0.2) is 51.7 Å². The minimum Gasteiger partial charge on any atom is -0.493 e. The van der Waals surface area contributed by atoms with Crippen LogP contribution in [0.5, 0.6) is 5.75 Å². The number of benzene rings is 2. The highest BCUT2D eigenvalue weighted by atomic mass is 35.5. The number of carbonyl (C=O) groups excluding carboxylic acids is 2. The van der Waals surface area contributed by atoms with E-state index in [0.717, 1.165) is 10.5 Å². The summed E-state index contributed by atoms with van der Waals surface area (Å²) in [7, 11) is 0. The Morgan fingerprint density at radius 2 is 1.97 bits per heavy atom. The molecule has 30 heavy (non-hydrogen) atoms. The van der Waals surface area contributed by atoms with Crippen molar-refractivity contribution in [3.8, 4) is 5.75 Å². The predicted molar refractivity (Wildman–Crippen MR) is 110 cm³/mol. The molecule has 2 aliphatic heterocycles. The monoisotopic (exact) mass is 424 g/mol. The maximum absolute atomic E-state index is 13.5. The zero-order valence-electron chi connectivity index (χ0n) is 16.0. The van der Waals surface area contributed by atoms with E-state index in [4.69, 9.17) is 20.8 Å². The molecule has 0 radical (unpaired) electrons. The van der Waals surface area contributed by atoms with E-state index in [-0.39, 0.29) is 12.5 Å². The smallest absolute Gasteiger partial charge is 0.336 e. The standard InChI is InChI=1S/C22H17ClN2O5/c1-12-8-18-14(10-16(12)23)13(9-19(26)30-18)11-25-20(27)22(24-21(25)28)6-7-29-17-5-3-2-4-15(17)22/h2-5,8-10H,6-7,11H2,1H3,(H,24,28)/t22-/m0/s1. The molecule has 1 atom stereocenters. The second-order valence-electron chi connectivity index (χ2n) is 7.51. The maximum atomic E-state index is 13.5. The summed E-state index contributed by atoms with van der Waals surface area (Å²) in [6.07, 6.45) is 0.327. The third-order valence-electron chi connectivity index (χ3n) is 5.70. The van der Waals surface area contributed by atoms with Crippen LogP contribution in [0.1, 0.15) is 23.1 Å². The molecule has 1 saturated heterocycles. The number of nitrogens with zero attached hydrogens (tertiary/aromatic N) is 1. The summed E-state index contributed by atoms with van der Waals surface area (Å²) < 4.78 is 10.9. The van der Waals surface area contributed by atoms with Gasteiger partial charge in [0, 0.05) is 28.5 Å². The molecule has 5 rings (SSSR count). The fourth-order valence-electron chi connectivity index (χ4n) is 4.16. The van der Waals surface area contributed by atoms with Crippen LogP contribution in [0.4, 0.5) is 4.79 Å². The first-order valence-electron chi connectivity index (χ1n) is 9.48. The molecule has 1 N–H and O–H groups in total. The number of amides is 3. The van der Waals surface area contributed by atoms with Crippen molar-refractivity contribution >= 4 is 34.5 Å². The van der Waals surface area contributed by atoms with Gasteiger partial charge in [-0.1, -0.05) is 29.8 Å². The number of rotatable bonds is 2. The van der Waals surface area contributed by atoms with E-state index in [2.05, 4.69) is 5.32 Å². The normalized spacial score (nSPS) is 20.4. The van der Waals surface area contributed by atoms with Gasteiger partial charge >= 0.3 is 11.7 Å². The number of imide groups is 1. The van der Waals surface area contributed by atoms with Crippen molar-refractivity contribution in [1.82, 2.24) is 10.2 Å². The summed E-state index contributed by atoms with van der Waals surface area (Å²) in [5, 5.41) is 3.95. The Labute approximate surface area is 176 Å². The zero-order valence-corrected chi connectivity index (χ0v) is 16.8. The van der Waals surface area contributed by atoms with Crippen LogP contribution >= 0.6 is 11.6 Å². The highest BCUT2D eigenvalue weighted by molar-refractivity contribution is 6.32. The number of para-hydroxylation sites is 1. The van der Waals surface area contributed by atoms with E-state index in [1.54, 1.807) is 37.3 Å². The predicted octanol–water partition coefficient (Wildman–Crippen LogP) is 3.48. The molecule has 3 heterocycles. The molecule has 2 aromatic carbocycles. The van der Waals surface area contributed by atoms with Crippen molar-refractivity contribution in [2.75, 3.05) is 6.61 Å². The third kappa shape index (κ3) is 2.69. The second-order valence-corrected chi connectivity index (χ2v) is 7.92. The number of fused-ring (bicyclic) bond motifs is 3. The van der Waals surface area contributed by atoms with E-state index < -0.39 is 17.2 Å². The van der Waals surface area contributed by atoms with Crippen molar-refractivity contribution in [2.24, 2.45) is 0 Å². The van der Waals surface area contributed by atoms with Gasteiger partial charge in [0.15, 0.2) is 5.54 Å². The molecule has 1 fully saturated rings. The van der Waals surface area contributed by atoms with Gasteiger partial charge in [-0.05, 0) is 36.2 Å². The third-order valence-corrected chi connectivity index (χ3v) is 6.10. The summed E-state index contributed by atoms with van der Waals surface area (Å²) in [6, 6.07) is 11.3. The van der Waals surface area contributed by atoms with Crippen molar-refractivity contribution in [2.45, 2.75) is 25.4 Å². The van der Waals surface area contributed by atoms with Crippen LogP contribution in [0.25, 0.3) is 11.0 Å². The molecular formula is C22H17ClN2O5. The highest BCUT2D eigenvalue weighted by Gasteiger charge is 2.54. The van der Waals surface area contributed by atoms with Crippen LogP contribution in [0, 0.1) is 6.92 Å². The summed E-state index contributed by atoms with van der Waals surface area (Å²) in [6.45, 7) is 2.04. The minimum atomic E-state index is -1.17. The van der Waals surface area contributed by atoms with Gasteiger partial charge in [-0.25, -0.2) is 9.59 Å². The van der Waals surface area contributed by atoms with Crippen LogP contribution < -0.4 is 15.7 Å². The van der Waals surface area contributed by atoms with Crippen LogP contribution in [-0.4, -0.2) is 23.4 Å². The quantitative estimate of drug-likeness (QED) is 0.502. The van der Waals surface area contributed by atoms with E-state index in [9.17, 15) is 14.4 Å². The lowest BCUT2D eigenvalue weighted by Crippen LogP contribution is -2.47. The summed E-state index contributed by atoms with van der Waals surface area (Å²) >= 11 is 6.25. The molecule has 0 saturated carbocycles. The van der Waals surface area contributed by atoms with Crippen LogP contribution in [-0.2, 0) is 16.9 Å². The number of aryl methyl sites for hydroxylation is 1. The fraction of sp³-hybridized carbons (Fsp3) is 0.227. The Morgan fingerprint density at radius 1 is 1.17 bits per heavy atom. The molecular weight excluding hydrogens is 408 g/mol. The first kappa shape index (κ1) is 18.7. The summed E-state index contributed by atoms with van der Waals surface area (Å²) in [4.78, 5) is 39.5. The number of ether oxygens (including phenoxy) is 1. The topological polar surface area (TPSA) is 88.8 Å². The molecule has 0 bridgehead atoms. The zero-order chi connectivity index (χ0) is 21.0. The lowest BCUT2D eigenvalue weighted by Gasteiger charge is -2.33. The first-order valence-corrected chi connectivity index (χ1v) is 9.86. The lowest BCUT2D eigenvalue weighted by atomic mass is 9.84. The Balaban J connectivity index is 1.58. The largest absolute Gasteiger partial charge is 0.493 e. The number of carbonyl (C=O) groups is 2. The van der Waals surface area contributed by atoms with E-state index in [1.807, 2.05) is 6.07 Å².